The van der Waals surface area contributed by atoms with E-state index in [4.69, 9.17) is 0 Å². The molecule has 1 amide bonds. The van der Waals surface area contributed by atoms with Crippen LogP contribution in [0.5, 0.6) is 0 Å². The predicted molar refractivity (Wildman–Crippen MR) is 262 cm³/mol. The highest BCUT2D eigenvalue weighted by Crippen LogP contribution is 2.17. The molecule has 0 aromatic rings. The van der Waals surface area contributed by atoms with Crippen molar-refractivity contribution in [1.82, 2.24) is 5.32 Å². The van der Waals surface area contributed by atoms with E-state index in [-0.39, 0.29) is 12.5 Å². The van der Waals surface area contributed by atoms with Gasteiger partial charge in [-0.3, -0.25) is 4.79 Å². The van der Waals surface area contributed by atoms with Crippen LogP contribution in [-0.2, 0) is 4.79 Å². The van der Waals surface area contributed by atoms with Crippen LogP contribution in [0.2, 0.25) is 0 Å². The minimum absolute atomic E-state index is 0.0645. The normalized spacial score (nSPS) is 13.4. The Balaban J connectivity index is 3.35. The van der Waals surface area contributed by atoms with Crippen molar-refractivity contribution in [3.8, 4) is 0 Å². The maximum absolute atomic E-state index is 12.3. The van der Waals surface area contributed by atoms with Gasteiger partial charge < -0.3 is 15.5 Å². The molecule has 0 aliphatic carbocycles. The van der Waals surface area contributed by atoms with Crippen molar-refractivity contribution in [2.75, 3.05) is 6.61 Å². The molecule has 0 aromatic heterocycles. The lowest BCUT2D eigenvalue weighted by molar-refractivity contribution is -0.123. The number of carbonyl (C=O) groups is 1. The van der Waals surface area contributed by atoms with E-state index in [0.717, 1.165) is 51.4 Å². The molecule has 0 aliphatic heterocycles. The highest BCUT2D eigenvalue weighted by molar-refractivity contribution is 5.76. The van der Waals surface area contributed by atoms with Gasteiger partial charge in [0.2, 0.25) is 5.91 Å². The van der Waals surface area contributed by atoms with Gasteiger partial charge in [-0.25, -0.2) is 0 Å². The van der Waals surface area contributed by atoms with Crippen LogP contribution in [0.15, 0.2) is 60.8 Å². The molecule has 344 valence electrons. The Kier molecular flexibility index (Phi) is 48.8. The number of aliphatic hydroxyl groups is 2. The lowest BCUT2D eigenvalue weighted by Gasteiger charge is -2.20. The molecule has 0 saturated carbocycles. The van der Waals surface area contributed by atoms with Gasteiger partial charge >= 0.3 is 0 Å². The SMILES string of the molecule is CC/C=C\C/C=C\C/C=C\C/C=C\CCCCCCCCCCCCCCCCCCCCCCCCCCCCC(=O)NC(CO)C(O)/C=C/CCCCCCCC. The van der Waals surface area contributed by atoms with Crippen LogP contribution in [-0.4, -0.2) is 34.9 Å². The Hall–Kier alpha value is -1.91. The molecule has 0 aliphatic rings. The molecule has 4 nitrogen and oxygen atoms in total. The third-order valence-corrected chi connectivity index (χ3v) is 11.8. The molecule has 4 heteroatoms. The maximum atomic E-state index is 12.3. The van der Waals surface area contributed by atoms with Gasteiger partial charge in [-0.15, -0.1) is 0 Å². The second-order valence-electron chi connectivity index (χ2n) is 17.6. The van der Waals surface area contributed by atoms with Crippen LogP contribution in [0.1, 0.15) is 264 Å². The third-order valence-electron chi connectivity index (χ3n) is 11.8. The summed E-state index contributed by atoms with van der Waals surface area (Å²) in [7, 11) is 0. The zero-order valence-corrected chi connectivity index (χ0v) is 39.5. The molecule has 0 saturated heterocycles. The first-order chi connectivity index (χ1) is 29.2. The van der Waals surface area contributed by atoms with E-state index in [1.54, 1.807) is 6.08 Å². The predicted octanol–water partition coefficient (Wildman–Crippen LogP) is 16.9. The van der Waals surface area contributed by atoms with Crippen molar-refractivity contribution >= 4 is 5.91 Å². The Labute approximate surface area is 368 Å². The fraction of sp³-hybridized carbons (Fsp3) is 0.800. The van der Waals surface area contributed by atoms with Gasteiger partial charge in [0.15, 0.2) is 0 Å². The Bertz CT molecular complexity index is 981. The summed E-state index contributed by atoms with van der Waals surface area (Å²) in [5, 5.41) is 22.9. The van der Waals surface area contributed by atoms with Gasteiger partial charge in [0.1, 0.15) is 0 Å². The molecule has 2 atom stereocenters. The largest absolute Gasteiger partial charge is 0.394 e. The summed E-state index contributed by atoms with van der Waals surface area (Å²) in [5.41, 5.74) is 0. The van der Waals surface area contributed by atoms with Gasteiger partial charge in [0, 0.05) is 6.42 Å². The molecule has 59 heavy (non-hydrogen) atoms. The maximum Gasteiger partial charge on any atom is 0.220 e. The Morgan fingerprint density at radius 3 is 1.12 bits per heavy atom. The van der Waals surface area contributed by atoms with Gasteiger partial charge in [0.05, 0.1) is 18.8 Å². The second-order valence-corrected chi connectivity index (χ2v) is 17.6. The van der Waals surface area contributed by atoms with Crippen LogP contribution in [0.4, 0.5) is 0 Å². The number of hydrogen-bond acceptors (Lipinski definition) is 3. The Morgan fingerprint density at radius 1 is 0.424 bits per heavy atom. The number of amides is 1. The van der Waals surface area contributed by atoms with Crippen molar-refractivity contribution < 1.29 is 15.0 Å². The van der Waals surface area contributed by atoms with E-state index in [9.17, 15) is 15.0 Å². The molecule has 0 spiro atoms. The van der Waals surface area contributed by atoms with Gasteiger partial charge in [0.25, 0.3) is 0 Å². The summed E-state index contributed by atoms with van der Waals surface area (Å²) in [6, 6.07) is -0.618. The molecule has 0 bridgehead atoms. The lowest BCUT2D eigenvalue weighted by Crippen LogP contribution is -2.45. The van der Waals surface area contributed by atoms with Crippen LogP contribution in [0, 0.1) is 0 Å². The van der Waals surface area contributed by atoms with Gasteiger partial charge in [-0.1, -0.05) is 261 Å². The summed E-state index contributed by atoms with van der Waals surface area (Å²) in [5.74, 6) is -0.0645. The molecule has 0 fully saturated rings. The number of carbonyl (C=O) groups excluding carboxylic acids is 1. The fourth-order valence-corrected chi connectivity index (χ4v) is 7.82. The minimum Gasteiger partial charge on any atom is -0.394 e. The van der Waals surface area contributed by atoms with Crippen molar-refractivity contribution in [1.29, 1.82) is 0 Å². The quantitative estimate of drug-likeness (QED) is 0.0423. The van der Waals surface area contributed by atoms with E-state index in [2.05, 4.69) is 67.8 Å². The highest BCUT2D eigenvalue weighted by atomic mass is 16.3. The monoisotopic (exact) mass is 824 g/mol. The zero-order valence-electron chi connectivity index (χ0n) is 39.5. The first-order valence-corrected chi connectivity index (χ1v) is 26.0. The van der Waals surface area contributed by atoms with E-state index in [1.165, 1.54) is 193 Å². The average molecular weight is 824 g/mol. The van der Waals surface area contributed by atoms with Gasteiger partial charge in [-0.2, -0.15) is 0 Å². The Morgan fingerprint density at radius 2 is 0.746 bits per heavy atom. The lowest BCUT2D eigenvalue weighted by atomic mass is 10.0. The summed E-state index contributed by atoms with van der Waals surface area (Å²) in [6.45, 7) is 4.16. The van der Waals surface area contributed by atoms with Crippen molar-refractivity contribution in [3.63, 3.8) is 0 Å². The van der Waals surface area contributed by atoms with Crippen molar-refractivity contribution in [2.45, 2.75) is 276 Å². The van der Waals surface area contributed by atoms with E-state index in [1.807, 2.05) is 6.08 Å². The molecule has 0 aromatic carbocycles. The number of nitrogens with one attached hydrogen (secondary N) is 1. The third kappa shape index (κ3) is 47.0. The number of aliphatic hydroxyl groups excluding tert-OH is 2. The average Bonchev–Trinajstić information content (AvgIpc) is 3.24. The summed E-state index contributed by atoms with van der Waals surface area (Å²) in [4.78, 5) is 12.3. The van der Waals surface area contributed by atoms with Crippen LogP contribution < -0.4 is 5.32 Å². The molecule has 3 N–H and O–H groups in total. The fourth-order valence-electron chi connectivity index (χ4n) is 7.82. The highest BCUT2D eigenvalue weighted by Gasteiger charge is 2.18. The first-order valence-electron chi connectivity index (χ1n) is 26.0. The molecule has 0 heterocycles. The molecule has 0 radical (unpaired) electrons. The van der Waals surface area contributed by atoms with Gasteiger partial charge in [-0.05, 0) is 57.8 Å². The topological polar surface area (TPSA) is 69.6 Å². The molecular weight excluding hydrogens is 723 g/mol. The molecule has 2 unspecified atom stereocenters. The van der Waals surface area contributed by atoms with E-state index in [0.29, 0.717) is 6.42 Å². The number of hydrogen-bond donors (Lipinski definition) is 3. The summed E-state index contributed by atoms with van der Waals surface area (Å²) in [6.07, 6.45) is 71.1. The number of rotatable bonds is 47. The molecular formula is C55H101NO3. The smallest absolute Gasteiger partial charge is 0.220 e. The minimum atomic E-state index is -0.835. The number of allylic oxidation sites excluding steroid dienone is 9. The van der Waals surface area contributed by atoms with Crippen LogP contribution >= 0.6 is 0 Å². The second kappa shape index (κ2) is 50.4. The molecule has 0 rings (SSSR count). The standard InChI is InChI=1S/C55H101NO3/c1-3-5-7-9-11-13-14-15-16-17-18-19-20-21-22-23-24-25-26-27-28-29-30-31-32-33-34-35-36-37-38-39-40-41-42-43-45-47-49-51-55(59)56-53(52-57)54(58)50-48-46-44-12-10-8-6-4-2/h5,7,11,13,15-16,18-19,48,50,53-54,57-58H,3-4,6,8-10,12,14,17,20-47,49,51-52H2,1-2H3,(H,56,59)/b7-5-,13-11-,16-15-,19-18-,50-48+. The van der Waals surface area contributed by atoms with Crippen LogP contribution in [0.3, 0.4) is 0 Å². The zero-order chi connectivity index (χ0) is 42.8. The van der Waals surface area contributed by atoms with Crippen LogP contribution in [0.25, 0.3) is 0 Å². The van der Waals surface area contributed by atoms with E-state index < -0.39 is 12.1 Å². The van der Waals surface area contributed by atoms with Crippen molar-refractivity contribution in [3.05, 3.63) is 60.8 Å². The van der Waals surface area contributed by atoms with Crippen molar-refractivity contribution in [2.24, 2.45) is 0 Å². The first kappa shape index (κ1) is 57.1. The van der Waals surface area contributed by atoms with E-state index >= 15 is 0 Å². The number of unbranched alkanes of at least 4 members (excludes halogenated alkanes) is 32. The summed E-state index contributed by atoms with van der Waals surface area (Å²) < 4.78 is 0. The summed E-state index contributed by atoms with van der Waals surface area (Å²) >= 11 is 0.